The second kappa shape index (κ2) is 10.2. The first-order valence-corrected chi connectivity index (χ1v) is 10.4. The van der Waals surface area contributed by atoms with Gasteiger partial charge in [0, 0.05) is 4.88 Å². The van der Waals surface area contributed by atoms with E-state index in [-0.39, 0.29) is 11.0 Å². The molecule has 0 aliphatic carbocycles. The number of nitrogens with one attached hydrogen (secondary N) is 2. The van der Waals surface area contributed by atoms with Crippen LogP contribution in [0.2, 0.25) is 0 Å². The van der Waals surface area contributed by atoms with Gasteiger partial charge in [-0.2, -0.15) is 0 Å². The summed E-state index contributed by atoms with van der Waals surface area (Å²) < 4.78 is 5.70. The SMILES string of the molecule is CCCCOc1ccccc1C(=O)NC(=S)Nc1sc(C)c(CC)c1C(N)=O. The molecule has 0 spiro atoms. The Bertz CT molecular complexity index is 878. The first kappa shape index (κ1) is 21.8. The number of hydrogen-bond donors (Lipinski definition) is 3. The highest BCUT2D eigenvalue weighted by atomic mass is 32.1. The average Bonchev–Trinajstić information content (AvgIpc) is 2.97. The summed E-state index contributed by atoms with van der Waals surface area (Å²) in [4.78, 5) is 25.5. The number of primary amides is 1. The van der Waals surface area contributed by atoms with Crippen LogP contribution >= 0.6 is 23.6 Å². The van der Waals surface area contributed by atoms with Crippen LogP contribution in [-0.4, -0.2) is 23.5 Å². The van der Waals surface area contributed by atoms with Crippen LogP contribution in [0.4, 0.5) is 5.00 Å². The third kappa shape index (κ3) is 5.30. The van der Waals surface area contributed by atoms with E-state index in [1.54, 1.807) is 18.2 Å². The molecule has 4 N–H and O–H groups in total. The Morgan fingerprint density at radius 1 is 1.25 bits per heavy atom. The van der Waals surface area contributed by atoms with Gasteiger partial charge in [0.05, 0.1) is 17.7 Å². The van der Waals surface area contributed by atoms with Crippen molar-refractivity contribution < 1.29 is 14.3 Å². The number of unbranched alkanes of at least 4 members (excludes halogenated alkanes) is 1. The molecule has 1 aromatic carbocycles. The fourth-order valence-corrected chi connectivity index (χ4v) is 4.18. The van der Waals surface area contributed by atoms with Crippen molar-refractivity contribution in [2.75, 3.05) is 11.9 Å². The van der Waals surface area contributed by atoms with E-state index in [2.05, 4.69) is 17.6 Å². The van der Waals surface area contributed by atoms with Crippen LogP contribution in [0.15, 0.2) is 24.3 Å². The van der Waals surface area contributed by atoms with Gasteiger partial charge < -0.3 is 15.8 Å². The molecule has 1 heterocycles. The monoisotopic (exact) mass is 419 g/mol. The zero-order valence-corrected chi connectivity index (χ0v) is 17.9. The quantitative estimate of drug-likeness (QED) is 0.444. The van der Waals surface area contributed by atoms with Crippen molar-refractivity contribution in [3.63, 3.8) is 0 Å². The van der Waals surface area contributed by atoms with Gasteiger partial charge in [-0.05, 0) is 49.7 Å². The van der Waals surface area contributed by atoms with Gasteiger partial charge in [-0.15, -0.1) is 11.3 Å². The number of nitrogens with two attached hydrogens (primary N) is 1. The van der Waals surface area contributed by atoms with Gasteiger partial charge in [-0.3, -0.25) is 14.9 Å². The minimum atomic E-state index is -0.521. The van der Waals surface area contributed by atoms with E-state index in [4.69, 9.17) is 22.7 Å². The maximum atomic E-state index is 12.6. The lowest BCUT2D eigenvalue weighted by molar-refractivity contribution is 0.0971. The van der Waals surface area contributed by atoms with Crippen LogP contribution in [0.5, 0.6) is 5.75 Å². The molecule has 150 valence electrons. The van der Waals surface area contributed by atoms with E-state index in [1.165, 1.54) is 11.3 Å². The van der Waals surface area contributed by atoms with Crippen LogP contribution < -0.4 is 21.1 Å². The van der Waals surface area contributed by atoms with Crippen molar-refractivity contribution >= 4 is 45.5 Å². The highest BCUT2D eigenvalue weighted by Crippen LogP contribution is 2.33. The largest absolute Gasteiger partial charge is 0.493 e. The molecular formula is C20H25N3O3S2. The van der Waals surface area contributed by atoms with E-state index in [1.807, 2.05) is 19.9 Å². The smallest absolute Gasteiger partial charge is 0.261 e. The fourth-order valence-electron chi connectivity index (χ4n) is 2.76. The van der Waals surface area contributed by atoms with E-state index in [0.29, 0.717) is 34.9 Å². The summed E-state index contributed by atoms with van der Waals surface area (Å²) in [5.41, 5.74) is 7.24. The summed E-state index contributed by atoms with van der Waals surface area (Å²) in [6, 6.07) is 7.01. The number of benzene rings is 1. The number of carbonyl (C=O) groups excluding carboxylic acids is 2. The fraction of sp³-hybridized carbons (Fsp3) is 0.350. The van der Waals surface area contributed by atoms with Crippen molar-refractivity contribution in [2.45, 2.75) is 40.0 Å². The van der Waals surface area contributed by atoms with E-state index in [9.17, 15) is 9.59 Å². The molecule has 2 amide bonds. The van der Waals surface area contributed by atoms with Crippen molar-refractivity contribution in [1.29, 1.82) is 0 Å². The molecule has 28 heavy (non-hydrogen) atoms. The molecule has 0 saturated heterocycles. The zero-order chi connectivity index (χ0) is 20.7. The lowest BCUT2D eigenvalue weighted by atomic mass is 10.1. The standard InChI is InChI=1S/C20H25N3O3S2/c1-4-6-11-26-15-10-8-7-9-14(15)18(25)22-20(27)23-19-16(17(21)24)13(5-2)12(3)28-19/h7-10H,4-6,11H2,1-3H3,(H2,21,24)(H2,22,23,25,27). The highest BCUT2D eigenvalue weighted by molar-refractivity contribution is 7.80. The zero-order valence-electron chi connectivity index (χ0n) is 16.3. The number of hydrogen-bond acceptors (Lipinski definition) is 5. The van der Waals surface area contributed by atoms with Crippen molar-refractivity contribution in [3.05, 3.63) is 45.8 Å². The predicted molar refractivity (Wildman–Crippen MR) is 117 cm³/mol. The number of carbonyl (C=O) groups is 2. The normalized spacial score (nSPS) is 10.4. The molecule has 0 unspecified atom stereocenters. The van der Waals surface area contributed by atoms with Crippen molar-refractivity contribution in [1.82, 2.24) is 5.32 Å². The summed E-state index contributed by atoms with van der Waals surface area (Å²) in [5.74, 6) is -0.393. The second-order valence-electron chi connectivity index (χ2n) is 6.17. The van der Waals surface area contributed by atoms with Gasteiger partial charge in [-0.25, -0.2) is 0 Å². The second-order valence-corrected chi connectivity index (χ2v) is 7.80. The maximum Gasteiger partial charge on any atom is 0.261 e. The summed E-state index contributed by atoms with van der Waals surface area (Å²) in [5, 5.41) is 6.22. The summed E-state index contributed by atoms with van der Waals surface area (Å²) in [6.07, 6.45) is 2.59. The van der Waals surface area contributed by atoms with Crippen molar-refractivity contribution in [2.24, 2.45) is 5.73 Å². The molecule has 0 bridgehead atoms. The lowest BCUT2D eigenvalue weighted by Gasteiger charge is -2.13. The Labute approximate surface area is 174 Å². The maximum absolute atomic E-state index is 12.6. The number of thiophene rings is 1. The number of anilines is 1. The summed E-state index contributed by atoms with van der Waals surface area (Å²) in [7, 11) is 0. The van der Waals surface area contributed by atoms with Crippen LogP contribution in [0.25, 0.3) is 0 Å². The molecule has 0 saturated carbocycles. The molecule has 0 aliphatic rings. The van der Waals surface area contributed by atoms with Gasteiger partial charge in [0.1, 0.15) is 10.8 Å². The number of para-hydroxylation sites is 1. The van der Waals surface area contributed by atoms with E-state index >= 15 is 0 Å². The van der Waals surface area contributed by atoms with Crippen LogP contribution in [0.3, 0.4) is 0 Å². The van der Waals surface area contributed by atoms with Crippen LogP contribution in [0, 0.1) is 6.92 Å². The van der Waals surface area contributed by atoms with Gasteiger partial charge >= 0.3 is 0 Å². The molecule has 0 aliphatic heterocycles. The summed E-state index contributed by atoms with van der Waals surface area (Å²) in [6.45, 7) is 6.50. The van der Waals surface area contributed by atoms with Gasteiger partial charge in [0.2, 0.25) is 0 Å². The topological polar surface area (TPSA) is 93.4 Å². The third-order valence-corrected chi connectivity index (χ3v) is 5.42. The van der Waals surface area contributed by atoms with Crippen LogP contribution in [-0.2, 0) is 6.42 Å². The Morgan fingerprint density at radius 2 is 1.96 bits per heavy atom. The first-order valence-electron chi connectivity index (χ1n) is 9.15. The summed E-state index contributed by atoms with van der Waals surface area (Å²) >= 11 is 6.65. The van der Waals surface area contributed by atoms with Crippen LogP contribution in [0.1, 0.15) is 57.8 Å². The average molecular weight is 420 g/mol. The van der Waals surface area contributed by atoms with Gasteiger partial charge in [-0.1, -0.05) is 32.4 Å². The number of ether oxygens (including phenoxy) is 1. The van der Waals surface area contributed by atoms with Gasteiger partial charge in [0.15, 0.2) is 5.11 Å². The number of thiocarbonyl (C=S) groups is 1. The number of rotatable bonds is 8. The molecule has 2 aromatic rings. The molecular weight excluding hydrogens is 394 g/mol. The number of amides is 2. The van der Waals surface area contributed by atoms with E-state index in [0.717, 1.165) is 23.3 Å². The Morgan fingerprint density at radius 3 is 2.61 bits per heavy atom. The first-order chi connectivity index (χ1) is 13.4. The molecule has 8 heteroatoms. The third-order valence-electron chi connectivity index (χ3n) is 4.15. The predicted octanol–water partition coefficient (Wildman–Crippen LogP) is 4.02. The minimum Gasteiger partial charge on any atom is -0.493 e. The molecule has 1 aromatic heterocycles. The minimum absolute atomic E-state index is 0.0970. The Kier molecular flexibility index (Phi) is 7.95. The molecule has 6 nitrogen and oxygen atoms in total. The molecule has 0 fully saturated rings. The van der Waals surface area contributed by atoms with E-state index < -0.39 is 5.91 Å². The molecule has 0 radical (unpaired) electrons. The Hall–Kier alpha value is -2.45. The van der Waals surface area contributed by atoms with Crippen molar-refractivity contribution in [3.8, 4) is 5.75 Å². The molecule has 2 rings (SSSR count). The van der Waals surface area contributed by atoms with Gasteiger partial charge in [0.25, 0.3) is 11.8 Å². The lowest BCUT2D eigenvalue weighted by Crippen LogP contribution is -2.34. The highest BCUT2D eigenvalue weighted by Gasteiger charge is 2.20. The number of aryl methyl sites for hydroxylation is 1. The Balaban J connectivity index is 2.12. The molecule has 0 atom stereocenters.